The Hall–Kier alpha value is -3.12. The molecule has 0 radical (unpaired) electrons. The third-order valence-electron chi connectivity index (χ3n) is 5.48. The molecule has 0 saturated heterocycles. The number of hydrogen-bond acceptors (Lipinski definition) is 8. The summed E-state index contributed by atoms with van der Waals surface area (Å²) in [4.78, 5) is 31.3. The number of thiazole rings is 1. The van der Waals surface area contributed by atoms with Crippen molar-refractivity contribution in [3.05, 3.63) is 82.6 Å². The van der Waals surface area contributed by atoms with Gasteiger partial charge in [0.25, 0.3) is 5.56 Å². The van der Waals surface area contributed by atoms with Crippen LogP contribution >= 0.6 is 33.9 Å². The molecule has 0 aliphatic carbocycles. The smallest absolute Gasteiger partial charge is 0.337 e. The van der Waals surface area contributed by atoms with Crippen molar-refractivity contribution >= 4 is 46.0 Å². The normalized spacial score (nSPS) is 15.0. The Morgan fingerprint density at radius 2 is 1.81 bits per heavy atom. The maximum atomic E-state index is 13.7. The molecule has 2 aromatic carbocycles. The third kappa shape index (κ3) is 5.05. The fraction of sp³-hybridized carbons (Fsp3) is 0.269. The summed E-state index contributed by atoms with van der Waals surface area (Å²) in [6.45, 7) is 4.69. The van der Waals surface area contributed by atoms with Crippen molar-refractivity contribution in [3.63, 3.8) is 0 Å². The summed E-state index contributed by atoms with van der Waals surface area (Å²) in [5.41, 5.74) is 1.53. The predicted octanol–water partition coefficient (Wildman–Crippen LogP) is 3.43. The van der Waals surface area contributed by atoms with E-state index in [0.29, 0.717) is 39.6 Å². The highest BCUT2D eigenvalue weighted by Gasteiger charge is 2.31. The van der Waals surface area contributed by atoms with Crippen LogP contribution in [0.2, 0.25) is 0 Å². The zero-order valence-corrected chi connectivity index (χ0v) is 23.2. The Labute approximate surface area is 225 Å². The first-order chi connectivity index (χ1) is 17.4. The maximum absolute atomic E-state index is 13.7. The second-order valence-corrected chi connectivity index (χ2v) is 9.81. The molecule has 0 unspecified atom stereocenters. The number of benzene rings is 2. The second-order valence-electron chi connectivity index (χ2n) is 7.64. The molecule has 1 aromatic heterocycles. The molecule has 0 saturated carbocycles. The molecule has 0 amide bonds. The van der Waals surface area contributed by atoms with E-state index in [0.717, 1.165) is 14.9 Å². The number of fused-ring (bicyclic) bond motifs is 1. The highest BCUT2D eigenvalue weighted by Crippen LogP contribution is 2.35. The van der Waals surface area contributed by atoms with E-state index in [9.17, 15) is 9.59 Å². The lowest BCUT2D eigenvalue weighted by atomic mass is 9.97. The largest absolute Gasteiger partial charge is 0.496 e. The van der Waals surface area contributed by atoms with Gasteiger partial charge in [0.05, 0.1) is 47.2 Å². The zero-order chi connectivity index (χ0) is 25.8. The summed E-state index contributed by atoms with van der Waals surface area (Å²) >= 11 is 3.45. The minimum atomic E-state index is -0.735. The van der Waals surface area contributed by atoms with E-state index in [4.69, 9.17) is 18.9 Å². The van der Waals surface area contributed by atoms with E-state index in [1.807, 2.05) is 44.2 Å². The van der Waals surface area contributed by atoms with Gasteiger partial charge in [0.15, 0.2) is 16.3 Å². The van der Waals surface area contributed by atoms with Gasteiger partial charge in [0, 0.05) is 6.20 Å². The topological polar surface area (TPSA) is 88.4 Å². The first kappa shape index (κ1) is 26.0. The van der Waals surface area contributed by atoms with Gasteiger partial charge in [-0.3, -0.25) is 9.36 Å². The zero-order valence-electron chi connectivity index (χ0n) is 20.2. The van der Waals surface area contributed by atoms with Gasteiger partial charge >= 0.3 is 5.97 Å². The third-order valence-corrected chi connectivity index (χ3v) is 7.32. The lowest BCUT2D eigenvalue weighted by Gasteiger charge is -2.23. The van der Waals surface area contributed by atoms with E-state index in [2.05, 4.69) is 27.6 Å². The highest BCUT2D eigenvalue weighted by molar-refractivity contribution is 14.1. The molecular weight excluding hydrogens is 595 g/mol. The molecule has 1 atom stereocenters. The van der Waals surface area contributed by atoms with Crippen molar-refractivity contribution in [3.8, 4) is 17.2 Å². The van der Waals surface area contributed by atoms with Crippen LogP contribution in [-0.2, 0) is 9.53 Å². The first-order valence-corrected chi connectivity index (χ1v) is 13.1. The summed E-state index contributed by atoms with van der Waals surface area (Å²) in [5.74, 6) is 1.33. The van der Waals surface area contributed by atoms with Crippen molar-refractivity contribution in [1.82, 2.24) is 4.57 Å². The van der Waals surface area contributed by atoms with Crippen molar-refractivity contribution < 1.29 is 23.7 Å². The molecule has 0 bridgehead atoms. The van der Waals surface area contributed by atoms with Gasteiger partial charge in [-0.05, 0) is 77.9 Å². The molecular formula is C26H25IN2O6S. The van der Waals surface area contributed by atoms with Crippen molar-refractivity contribution in [2.24, 2.45) is 4.99 Å². The van der Waals surface area contributed by atoms with E-state index in [1.54, 1.807) is 19.2 Å². The average Bonchev–Trinajstić information content (AvgIpc) is 3.19. The minimum Gasteiger partial charge on any atom is -0.496 e. The van der Waals surface area contributed by atoms with Crippen LogP contribution in [-0.4, -0.2) is 38.0 Å². The molecule has 8 nitrogen and oxygen atoms in total. The van der Waals surface area contributed by atoms with Crippen LogP contribution < -0.4 is 29.1 Å². The fourth-order valence-corrected chi connectivity index (χ4v) is 5.64. The Bertz CT molecular complexity index is 1510. The van der Waals surface area contributed by atoms with Gasteiger partial charge < -0.3 is 18.9 Å². The van der Waals surface area contributed by atoms with E-state index >= 15 is 0 Å². The second kappa shape index (κ2) is 11.3. The summed E-state index contributed by atoms with van der Waals surface area (Å²) in [7, 11) is 2.92. The number of hydrogen-bond donors (Lipinski definition) is 0. The van der Waals surface area contributed by atoms with Gasteiger partial charge in [0.1, 0.15) is 5.75 Å². The Morgan fingerprint density at radius 3 is 2.47 bits per heavy atom. The molecule has 0 fully saturated rings. The number of nitrogens with zero attached hydrogens (tertiary/aromatic N) is 2. The molecule has 36 heavy (non-hydrogen) atoms. The van der Waals surface area contributed by atoms with Gasteiger partial charge in [-0.2, -0.15) is 0 Å². The molecule has 10 heteroatoms. The van der Waals surface area contributed by atoms with Crippen molar-refractivity contribution in [2.75, 3.05) is 27.4 Å². The van der Waals surface area contributed by atoms with E-state index < -0.39 is 12.0 Å². The average molecular weight is 620 g/mol. The van der Waals surface area contributed by atoms with Crippen LogP contribution in [0.3, 0.4) is 0 Å². The van der Waals surface area contributed by atoms with Gasteiger partial charge in [0.2, 0.25) is 0 Å². The molecule has 0 spiro atoms. The molecule has 2 heterocycles. The maximum Gasteiger partial charge on any atom is 0.337 e. The number of ether oxygens (including phenoxy) is 4. The molecule has 1 aliphatic heterocycles. The predicted molar refractivity (Wildman–Crippen MR) is 146 cm³/mol. The van der Waals surface area contributed by atoms with Crippen LogP contribution in [0.5, 0.6) is 17.2 Å². The number of carbonyl (C=O) groups is 1. The van der Waals surface area contributed by atoms with Crippen molar-refractivity contribution in [1.29, 1.82) is 0 Å². The van der Waals surface area contributed by atoms with Crippen LogP contribution in [0.1, 0.15) is 31.0 Å². The minimum absolute atomic E-state index is 0.252. The quantitative estimate of drug-likeness (QED) is 0.284. The van der Waals surface area contributed by atoms with Crippen LogP contribution in [0.4, 0.5) is 0 Å². The lowest BCUT2D eigenvalue weighted by molar-refractivity contribution is -0.136. The molecule has 1 aliphatic rings. The van der Waals surface area contributed by atoms with Crippen molar-refractivity contribution in [2.45, 2.75) is 19.9 Å². The number of carbonyl (C=O) groups excluding carboxylic acids is 1. The Morgan fingerprint density at radius 1 is 1.08 bits per heavy atom. The summed E-state index contributed by atoms with van der Waals surface area (Å²) in [6.07, 6.45) is 3.28. The number of aromatic nitrogens is 1. The standard InChI is InChI=1S/C26H25IN2O6S/c1-5-34-20-10-8-16(13-21(20)35-6-2)23-17(25(31)33-4)14-28-26-29(23)24(30)22(36-26)12-15-7-9-19(32-3)18(27)11-15/h7-14,23H,5-6H2,1-4H3/b22-12-/t23-/m1/s1. The van der Waals surface area contributed by atoms with Gasteiger partial charge in [-0.1, -0.05) is 23.5 Å². The molecule has 188 valence electrons. The number of halogens is 1. The van der Waals surface area contributed by atoms with Crippen LogP contribution in [0, 0.1) is 3.57 Å². The summed E-state index contributed by atoms with van der Waals surface area (Å²) < 4.78 is 24.8. The number of rotatable bonds is 8. The molecule has 0 N–H and O–H groups in total. The Balaban J connectivity index is 1.89. The fourth-order valence-electron chi connectivity index (χ4n) is 3.91. The SMILES string of the molecule is CCOc1ccc([C@@H]2C(C(=O)OC)=CN=c3s/c(=C\c4ccc(OC)c(I)c4)c(=O)n32)cc1OCC. The summed E-state index contributed by atoms with van der Waals surface area (Å²) in [6, 6.07) is 10.4. The van der Waals surface area contributed by atoms with Gasteiger partial charge in [-0.25, -0.2) is 9.79 Å². The van der Waals surface area contributed by atoms with Crippen LogP contribution in [0.25, 0.3) is 6.08 Å². The first-order valence-electron chi connectivity index (χ1n) is 11.2. The van der Waals surface area contributed by atoms with Crippen LogP contribution in [0.15, 0.2) is 58.0 Å². The van der Waals surface area contributed by atoms with E-state index in [1.165, 1.54) is 29.2 Å². The van der Waals surface area contributed by atoms with Gasteiger partial charge in [-0.15, -0.1) is 0 Å². The molecule has 3 aromatic rings. The Kier molecular flexibility index (Phi) is 8.14. The summed E-state index contributed by atoms with van der Waals surface area (Å²) in [5, 5.41) is 0. The van der Waals surface area contributed by atoms with E-state index in [-0.39, 0.29) is 11.1 Å². The molecule has 4 rings (SSSR count). The number of methoxy groups -OCH3 is 2. The lowest BCUT2D eigenvalue weighted by Crippen LogP contribution is -2.39. The monoisotopic (exact) mass is 620 g/mol. The number of esters is 1. The highest BCUT2D eigenvalue weighted by atomic mass is 127.